The van der Waals surface area contributed by atoms with Crippen LogP contribution in [0.1, 0.15) is 30.0 Å². The minimum absolute atomic E-state index is 0.538. The van der Waals surface area contributed by atoms with Crippen LogP contribution in [0.3, 0.4) is 0 Å². The zero-order valence-corrected chi connectivity index (χ0v) is 14.2. The third kappa shape index (κ3) is 5.32. The number of nitrogens with zero attached hydrogens (tertiary/aromatic N) is 3. The zero-order chi connectivity index (χ0) is 14.4. The lowest BCUT2D eigenvalue weighted by Crippen LogP contribution is -2.37. The molecule has 0 saturated carbocycles. The van der Waals surface area contributed by atoms with Crippen LogP contribution in [-0.2, 0) is 12.3 Å². The highest BCUT2D eigenvalue weighted by molar-refractivity contribution is 7.09. The fourth-order valence-electron chi connectivity index (χ4n) is 2.89. The molecule has 2 rings (SSSR count). The largest absolute Gasteiger partial charge is 0.309 e. The Morgan fingerprint density at radius 2 is 2.15 bits per heavy atom. The van der Waals surface area contributed by atoms with Gasteiger partial charge < -0.3 is 9.80 Å². The van der Waals surface area contributed by atoms with E-state index in [1.54, 1.807) is 11.3 Å². The maximum Gasteiger partial charge on any atom is 0.0929 e. The van der Waals surface area contributed by atoms with Crippen molar-refractivity contribution in [1.29, 1.82) is 0 Å². The summed E-state index contributed by atoms with van der Waals surface area (Å²) >= 11 is 7.53. The van der Waals surface area contributed by atoms with Gasteiger partial charge in [-0.15, -0.1) is 22.9 Å². The van der Waals surface area contributed by atoms with E-state index in [1.807, 2.05) is 0 Å². The number of halogens is 1. The van der Waals surface area contributed by atoms with E-state index < -0.39 is 0 Å². The predicted molar refractivity (Wildman–Crippen MR) is 87.7 cm³/mol. The fraction of sp³-hybridized carbons (Fsp3) is 0.800. The molecule has 1 aliphatic heterocycles. The molecule has 5 heteroatoms. The predicted octanol–water partition coefficient (Wildman–Crippen LogP) is 3.09. The van der Waals surface area contributed by atoms with Crippen molar-refractivity contribution in [3.05, 3.63) is 16.1 Å². The maximum atomic E-state index is 5.78. The Bertz CT molecular complexity index is 386. The van der Waals surface area contributed by atoms with Crippen molar-refractivity contribution in [1.82, 2.24) is 14.8 Å². The number of thiazole rings is 1. The molecule has 1 aromatic rings. The first kappa shape index (κ1) is 16.2. The fourth-order valence-corrected chi connectivity index (χ4v) is 3.96. The summed E-state index contributed by atoms with van der Waals surface area (Å²) in [4.78, 5) is 9.45. The minimum Gasteiger partial charge on any atom is -0.309 e. The summed E-state index contributed by atoms with van der Waals surface area (Å²) in [5.41, 5.74) is 1.02. The van der Waals surface area contributed by atoms with Gasteiger partial charge in [0.1, 0.15) is 0 Å². The van der Waals surface area contributed by atoms with Crippen LogP contribution in [0.2, 0.25) is 0 Å². The Hall–Kier alpha value is -0.160. The lowest BCUT2D eigenvalue weighted by Gasteiger charge is -2.33. The van der Waals surface area contributed by atoms with Gasteiger partial charge in [0.05, 0.1) is 16.6 Å². The standard InChI is InChI=1S/C15H26ClN3S/c1-18(2)11-13-5-8-19(9-6-13)7-3-4-15-17-14(10-16)12-20-15/h12-13H,3-11H2,1-2H3. The monoisotopic (exact) mass is 315 g/mol. The highest BCUT2D eigenvalue weighted by Crippen LogP contribution is 2.19. The van der Waals surface area contributed by atoms with Gasteiger partial charge in [-0.3, -0.25) is 0 Å². The molecule has 0 aromatic carbocycles. The van der Waals surface area contributed by atoms with Crippen molar-refractivity contribution >= 4 is 22.9 Å². The van der Waals surface area contributed by atoms with E-state index in [4.69, 9.17) is 11.6 Å². The Kier molecular flexibility index (Phi) is 6.75. The number of rotatable bonds is 7. The molecule has 2 heterocycles. The van der Waals surface area contributed by atoms with Gasteiger partial charge in [-0.1, -0.05) is 0 Å². The second kappa shape index (κ2) is 8.32. The maximum absolute atomic E-state index is 5.78. The van der Waals surface area contributed by atoms with Gasteiger partial charge in [-0.2, -0.15) is 0 Å². The molecular weight excluding hydrogens is 290 g/mol. The number of likely N-dealkylation sites (tertiary alicyclic amines) is 1. The molecule has 114 valence electrons. The van der Waals surface area contributed by atoms with Crippen LogP contribution < -0.4 is 0 Å². The van der Waals surface area contributed by atoms with Crippen LogP contribution in [0.4, 0.5) is 0 Å². The topological polar surface area (TPSA) is 19.4 Å². The van der Waals surface area contributed by atoms with Crippen LogP contribution in [-0.4, -0.2) is 55.1 Å². The molecule has 3 nitrogen and oxygen atoms in total. The molecule has 1 fully saturated rings. The third-order valence-electron chi connectivity index (χ3n) is 3.93. The molecule has 0 spiro atoms. The van der Waals surface area contributed by atoms with Crippen molar-refractivity contribution in [3.63, 3.8) is 0 Å². The van der Waals surface area contributed by atoms with E-state index >= 15 is 0 Å². The first-order chi connectivity index (χ1) is 9.67. The van der Waals surface area contributed by atoms with Crippen LogP contribution in [0.5, 0.6) is 0 Å². The van der Waals surface area contributed by atoms with Crippen molar-refractivity contribution in [2.45, 2.75) is 31.6 Å². The molecule has 0 radical (unpaired) electrons. The lowest BCUT2D eigenvalue weighted by molar-refractivity contribution is 0.161. The van der Waals surface area contributed by atoms with Gasteiger partial charge in [0.15, 0.2) is 0 Å². The molecule has 0 aliphatic carbocycles. The summed E-state index contributed by atoms with van der Waals surface area (Å²) in [5.74, 6) is 1.43. The van der Waals surface area contributed by atoms with Crippen LogP contribution in [0.15, 0.2) is 5.38 Å². The Balaban J connectivity index is 1.61. The van der Waals surface area contributed by atoms with Crippen molar-refractivity contribution < 1.29 is 0 Å². The van der Waals surface area contributed by atoms with E-state index in [1.165, 1.54) is 50.4 Å². The summed E-state index contributed by atoms with van der Waals surface area (Å²) in [6.07, 6.45) is 5.02. The molecule has 0 amide bonds. The van der Waals surface area contributed by atoms with Crippen LogP contribution >= 0.6 is 22.9 Å². The third-order valence-corrected chi connectivity index (χ3v) is 5.16. The Morgan fingerprint density at radius 1 is 1.40 bits per heavy atom. The van der Waals surface area contributed by atoms with Crippen LogP contribution in [0, 0.1) is 5.92 Å². The summed E-state index contributed by atoms with van der Waals surface area (Å²) in [7, 11) is 4.35. The molecule has 1 aliphatic rings. The lowest BCUT2D eigenvalue weighted by atomic mass is 9.96. The molecular formula is C15H26ClN3S. The SMILES string of the molecule is CN(C)CC1CCN(CCCc2nc(CCl)cs2)CC1. The average molecular weight is 316 g/mol. The molecule has 0 unspecified atom stereocenters. The summed E-state index contributed by atoms with van der Waals surface area (Å²) in [6.45, 7) is 4.99. The van der Waals surface area contributed by atoms with Gasteiger partial charge in [0, 0.05) is 18.3 Å². The summed E-state index contributed by atoms with van der Waals surface area (Å²) in [6, 6.07) is 0. The van der Waals surface area contributed by atoms with E-state index in [-0.39, 0.29) is 0 Å². The number of aryl methyl sites for hydroxylation is 1. The van der Waals surface area contributed by atoms with Crippen molar-refractivity contribution in [2.24, 2.45) is 5.92 Å². The second-order valence-corrected chi connectivity index (χ2v) is 7.23. The number of piperidine rings is 1. The van der Waals surface area contributed by atoms with Crippen molar-refractivity contribution in [3.8, 4) is 0 Å². The van der Waals surface area contributed by atoms with Crippen LogP contribution in [0.25, 0.3) is 0 Å². The van der Waals surface area contributed by atoms with Crippen molar-refractivity contribution in [2.75, 3.05) is 40.3 Å². The molecule has 20 heavy (non-hydrogen) atoms. The molecule has 0 atom stereocenters. The van der Waals surface area contributed by atoms with E-state index in [2.05, 4.69) is 34.3 Å². The summed E-state index contributed by atoms with van der Waals surface area (Å²) < 4.78 is 0. The quantitative estimate of drug-likeness (QED) is 0.721. The molecule has 1 saturated heterocycles. The number of alkyl halides is 1. The smallest absolute Gasteiger partial charge is 0.0929 e. The average Bonchev–Trinajstić information content (AvgIpc) is 2.88. The van der Waals surface area contributed by atoms with E-state index in [9.17, 15) is 0 Å². The number of hydrogen-bond donors (Lipinski definition) is 0. The molecule has 0 bridgehead atoms. The highest BCUT2D eigenvalue weighted by Gasteiger charge is 2.19. The molecule has 1 aromatic heterocycles. The van der Waals surface area contributed by atoms with Gasteiger partial charge in [-0.05, 0) is 58.9 Å². The minimum atomic E-state index is 0.538. The number of aromatic nitrogens is 1. The first-order valence-electron chi connectivity index (χ1n) is 7.53. The Labute approximate surface area is 131 Å². The normalized spacial score (nSPS) is 18.0. The van der Waals surface area contributed by atoms with E-state index in [0.717, 1.165) is 18.0 Å². The molecule has 0 N–H and O–H groups in total. The van der Waals surface area contributed by atoms with Gasteiger partial charge >= 0.3 is 0 Å². The Morgan fingerprint density at radius 3 is 2.75 bits per heavy atom. The number of hydrogen-bond acceptors (Lipinski definition) is 4. The van der Waals surface area contributed by atoms with E-state index in [0.29, 0.717) is 5.88 Å². The van der Waals surface area contributed by atoms with Gasteiger partial charge in [-0.25, -0.2) is 4.98 Å². The highest BCUT2D eigenvalue weighted by atomic mass is 35.5. The van der Waals surface area contributed by atoms with Gasteiger partial charge in [0.25, 0.3) is 0 Å². The van der Waals surface area contributed by atoms with Gasteiger partial charge in [0.2, 0.25) is 0 Å². The second-order valence-electron chi connectivity index (χ2n) is 6.02. The zero-order valence-electron chi connectivity index (χ0n) is 12.6. The summed E-state index contributed by atoms with van der Waals surface area (Å²) in [5, 5.41) is 3.32. The first-order valence-corrected chi connectivity index (χ1v) is 8.95.